The molecule has 26 heavy (non-hydrogen) atoms. The molecule has 4 aliphatic carbocycles. The number of esters is 1. The summed E-state index contributed by atoms with van der Waals surface area (Å²) in [5.74, 6) is 1.23. The highest BCUT2D eigenvalue weighted by Gasteiger charge is 2.60. The van der Waals surface area contributed by atoms with Gasteiger partial charge in [-0.15, -0.1) is 0 Å². The average molecular weight is 358 g/mol. The largest absolute Gasteiger partial charge is 0.496 e. The van der Waals surface area contributed by atoms with Crippen LogP contribution in [0.3, 0.4) is 0 Å². The third kappa shape index (κ3) is 2.92. The van der Waals surface area contributed by atoms with Crippen LogP contribution in [0, 0.1) is 17.3 Å². The molecule has 0 aromatic heterocycles. The standard InChI is InChI=1S/C21H26O5/c1-13(22)16-3-4-18(25-2)17(6-16)11-26-19(23)20-7-14-5-15(8-20)10-21(24,9-14)12-20/h3-4,6,14-15,24H,5,7-12H2,1-2H3/t14-,15+,20?,21?. The third-order valence-electron chi connectivity index (χ3n) is 6.51. The average Bonchev–Trinajstić information content (AvgIpc) is 2.57. The predicted molar refractivity (Wildman–Crippen MR) is 94.9 cm³/mol. The first-order valence-corrected chi connectivity index (χ1v) is 9.40. The van der Waals surface area contributed by atoms with Crippen LogP contribution in [0.5, 0.6) is 5.75 Å². The summed E-state index contributed by atoms with van der Waals surface area (Å²) >= 11 is 0. The van der Waals surface area contributed by atoms with Gasteiger partial charge in [0, 0.05) is 11.1 Å². The number of methoxy groups -OCH3 is 1. The molecule has 0 spiro atoms. The van der Waals surface area contributed by atoms with Gasteiger partial charge in [0.05, 0.1) is 18.1 Å². The Kier molecular flexibility index (Phi) is 4.10. The van der Waals surface area contributed by atoms with Crippen LogP contribution in [0.15, 0.2) is 18.2 Å². The second-order valence-corrected chi connectivity index (χ2v) is 8.62. The monoisotopic (exact) mass is 358 g/mol. The molecule has 2 unspecified atom stereocenters. The minimum atomic E-state index is -0.685. The number of ketones is 1. The van der Waals surface area contributed by atoms with Crippen molar-refractivity contribution in [3.8, 4) is 5.75 Å². The van der Waals surface area contributed by atoms with Crippen LogP contribution in [0.4, 0.5) is 0 Å². The molecule has 140 valence electrons. The minimum Gasteiger partial charge on any atom is -0.496 e. The van der Waals surface area contributed by atoms with Gasteiger partial charge in [-0.3, -0.25) is 9.59 Å². The first-order chi connectivity index (χ1) is 12.3. The zero-order valence-electron chi connectivity index (χ0n) is 15.4. The molecule has 0 aliphatic heterocycles. The van der Waals surface area contributed by atoms with Crippen molar-refractivity contribution in [3.63, 3.8) is 0 Å². The van der Waals surface area contributed by atoms with Gasteiger partial charge in [0.25, 0.3) is 0 Å². The van der Waals surface area contributed by atoms with E-state index in [1.807, 2.05) is 0 Å². The van der Waals surface area contributed by atoms with Gasteiger partial charge in [-0.2, -0.15) is 0 Å². The van der Waals surface area contributed by atoms with Crippen LogP contribution in [0.25, 0.3) is 0 Å². The van der Waals surface area contributed by atoms with Crippen molar-refractivity contribution in [1.82, 2.24) is 0 Å². The molecule has 5 nitrogen and oxygen atoms in total. The van der Waals surface area contributed by atoms with Crippen LogP contribution in [-0.4, -0.2) is 29.6 Å². The van der Waals surface area contributed by atoms with E-state index in [0.717, 1.165) is 32.1 Å². The van der Waals surface area contributed by atoms with Gasteiger partial charge >= 0.3 is 5.97 Å². The van der Waals surface area contributed by atoms with Gasteiger partial charge in [0.2, 0.25) is 0 Å². The summed E-state index contributed by atoms with van der Waals surface area (Å²) in [5.41, 5.74) is 0.0394. The van der Waals surface area contributed by atoms with Crippen LogP contribution >= 0.6 is 0 Å². The molecular weight excluding hydrogens is 332 g/mol. The van der Waals surface area contributed by atoms with E-state index in [1.54, 1.807) is 25.3 Å². The molecule has 4 bridgehead atoms. The first kappa shape index (κ1) is 17.5. The van der Waals surface area contributed by atoms with Crippen LogP contribution in [0.2, 0.25) is 0 Å². The van der Waals surface area contributed by atoms with Gasteiger partial charge in [0.1, 0.15) is 12.4 Å². The molecule has 1 N–H and O–H groups in total. The molecule has 4 saturated carbocycles. The normalized spacial score (nSPS) is 34.6. The zero-order chi connectivity index (χ0) is 18.5. The summed E-state index contributed by atoms with van der Waals surface area (Å²) in [6.45, 7) is 1.59. The summed E-state index contributed by atoms with van der Waals surface area (Å²) in [7, 11) is 1.56. The summed E-state index contributed by atoms with van der Waals surface area (Å²) in [6.07, 6.45) is 4.97. The number of rotatable bonds is 5. The second kappa shape index (κ2) is 6.08. The lowest BCUT2D eigenvalue weighted by Crippen LogP contribution is -2.58. The van der Waals surface area contributed by atoms with Crippen molar-refractivity contribution in [2.24, 2.45) is 17.3 Å². The summed E-state index contributed by atoms with van der Waals surface area (Å²) in [6, 6.07) is 5.16. The van der Waals surface area contributed by atoms with Gasteiger partial charge in [-0.1, -0.05) is 0 Å². The molecule has 4 fully saturated rings. The van der Waals surface area contributed by atoms with E-state index in [2.05, 4.69) is 0 Å². The lowest BCUT2D eigenvalue weighted by Gasteiger charge is -2.58. The Hall–Kier alpha value is -1.88. The number of carbonyl (C=O) groups is 2. The molecular formula is C21H26O5. The number of hydrogen-bond donors (Lipinski definition) is 1. The van der Waals surface area contributed by atoms with Gasteiger partial charge < -0.3 is 14.6 Å². The van der Waals surface area contributed by atoms with E-state index in [9.17, 15) is 14.7 Å². The topological polar surface area (TPSA) is 72.8 Å². The lowest BCUT2D eigenvalue weighted by atomic mass is 9.48. The molecule has 4 aliphatic rings. The molecule has 1 aromatic rings. The first-order valence-electron chi connectivity index (χ1n) is 9.40. The molecule has 4 atom stereocenters. The van der Waals surface area contributed by atoms with E-state index in [0.29, 0.717) is 35.1 Å². The molecule has 5 rings (SSSR count). The quantitative estimate of drug-likeness (QED) is 0.646. The molecule has 1 aromatic carbocycles. The Bertz CT molecular complexity index is 739. The zero-order valence-corrected chi connectivity index (χ0v) is 15.4. The number of benzene rings is 1. The van der Waals surface area contributed by atoms with E-state index in [4.69, 9.17) is 9.47 Å². The summed E-state index contributed by atoms with van der Waals surface area (Å²) in [5, 5.41) is 10.8. The minimum absolute atomic E-state index is 0.0384. The number of carbonyl (C=O) groups excluding carboxylic acids is 2. The molecule has 0 radical (unpaired) electrons. The van der Waals surface area contributed by atoms with Crippen LogP contribution in [-0.2, 0) is 16.1 Å². The fourth-order valence-corrected chi connectivity index (χ4v) is 5.86. The maximum Gasteiger partial charge on any atom is 0.312 e. The molecule has 0 saturated heterocycles. The van der Waals surface area contributed by atoms with Crippen molar-refractivity contribution >= 4 is 11.8 Å². The van der Waals surface area contributed by atoms with Gasteiger partial charge in [-0.05, 0) is 75.5 Å². The number of ether oxygens (including phenoxy) is 2. The maximum absolute atomic E-state index is 13.0. The van der Waals surface area contributed by atoms with Crippen molar-refractivity contribution in [2.45, 2.75) is 57.7 Å². The predicted octanol–water partition coefficient (Wildman–Crippen LogP) is 3.27. The van der Waals surface area contributed by atoms with Crippen LogP contribution in [0.1, 0.15) is 61.4 Å². The Balaban J connectivity index is 1.51. The summed E-state index contributed by atoms with van der Waals surface area (Å²) in [4.78, 5) is 24.6. The van der Waals surface area contributed by atoms with Crippen molar-refractivity contribution in [2.75, 3.05) is 7.11 Å². The lowest BCUT2D eigenvalue weighted by molar-refractivity contribution is -0.197. The maximum atomic E-state index is 13.0. The van der Waals surface area contributed by atoms with E-state index in [1.165, 1.54) is 6.92 Å². The Morgan fingerprint density at radius 2 is 1.88 bits per heavy atom. The fraction of sp³-hybridized carbons (Fsp3) is 0.619. The number of Topliss-reactive ketones (excluding diaryl/α,β-unsaturated/α-hetero) is 1. The molecule has 5 heteroatoms. The Morgan fingerprint density at radius 1 is 1.19 bits per heavy atom. The highest BCUT2D eigenvalue weighted by Crippen LogP contribution is 2.62. The Labute approximate surface area is 153 Å². The Morgan fingerprint density at radius 3 is 2.46 bits per heavy atom. The van der Waals surface area contributed by atoms with E-state index in [-0.39, 0.29) is 18.4 Å². The number of aliphatic hydroxyl groups is 1. The van der Waals surface area contributed by atoms with Crippen molar-refractivity contribution < 1.29 is 24.2 Å². The van der Waals surface area contributed by atoms with Crippen molar-refractivity contribution in [3.05, 3.63) is 29.3 Å². The SMILES string of the molecule is COc1ccc(C(C)=O)cc1COC(=O)C12C[C@@H]3C[C@@H](CC(O)(C3)C1)C2. The number of hydrogen-bond acceptors (Lipinski definition) is 5. The highest BCUT2D eigenvalue weighted by atomic mass is 16.5. The smallest absolute Gasteiger partial charge is 0.312 e. The van der Waals surface area contributed by atoms with Gasteiger partial charge in [-0.25, -0.2) is 0 Å². The third-order valence-corrected chi connectivity index (χ3v) is 6.51. The van der Waals surface area contributed by atoms with E-state index >= 15 is 0 Å². The van der Waals surface area contributed by atoms with E-state index < -0.39 is 11.0 Å². The second-order valence-electron chi connectivity index (χ2n) is 8.62. The summed E-state index contributed by atoms with van der Waals surface area (Å²) < 4.78 is 11.0. The highest BCUT2D eigenvalue weighted by molar-refractivity contribution is 5.94. The molecule has 0 amide bonds. The van der Waals surface area contributed by atoms with Crippen LogP contribution < -0.4 is 4.74 Å². The van der Waals surface area contributed by atoms with Gasteiger partial charge in [0.15, 0.2) is 5.78 Å². The fourth-order valence-electron chi connectivity index (χ4n) is 5.86. The molecule has 0 heterocycles. The van der Waals surface area contributed by atoms with Crippen molar-refractivity contribution in [1.29, 1.82) is 0 Å².